The van der Waals surface area contributed by atoms with Crippen LogP contribution >= 0.6 is 0 Å². The van der Waals surface area contributed by atoms with Crippen molar-refractivity contribution < 1.29 is 9.18 Å². The molecule has 1 amide bonds. The Labute approximate surface area is 141 Å². The number of amides is 1. The summed E-state index contributed by atoms with van der Waals surface area (Å²) in [5.41, 5.74) is 1.59. The molecule has 1 N–H and O–H groups in total. The van der Waals surface area contributed by atoms with Crippen LogP contribution in [0.2, 0.25) is 0 Å². The predicted molar refractivity (Wildman–Crippen MR) is 89.2 cm³/mol. The standard InChI is InChI=1S/C17H13FN6O/c1-11-6-7-19-17-21-15(22-24(11)17)16(25)20-12-4-5-13(18)14(10-12)23-8-2-3-9-23/h2-10H,1H3,(H,20,25). The summed E-state index contributed by atoms with van der Waals surface area (Å²) in [7, 11) is 0. The summed E-state index contributed by atoms with van der Waals surface area (Å²) >= 11 is 0. The molecular weight excluding hydrogens is 323 g/mol. The van der Waals surface area contributed by atoms with Crippen LogP contribution in [0, 0.1) is 12.7 Å². The highest BCUT2D eigenvalue weighted by atomic mass is 19.1. The van der Waals surface area contributed by atoms with Gasteiger partial charge < -0.3 is 9.88 Å². The minimum absolute atomic E-state index is 0.00589. The van der Waals surface area contributed by atoms with Gasteiger partial charge in [0.2, 0.25) is 5.82 Å². The van der Waals surface area contributed by atoms with E-state index in [9.17, 15) is 9.18 Å². The number of carbonyl (C=O) groups is 1. The number of benzene rings is 1. The molecule has 0 bridgehead atoms. The van der Waals surface area contributed by atoms with Crippen LogP contribution in [-0.2, 0) is 0 Å². The van der Waals surface area contributed by atoms with E-state index < -0.39 is 5.91 Å². The molecule has 4 aromatic rings. The van der Waals surface area contributed by atoms with Crippen LogP contribution in [0.5, 0.6) is 0 Å². The zero-order valence-electron chi connectivity index (χ0n) is 13.2. The van der Waals surface area contributed by atoms with Gasteiger partial charge in [0.1, 0.15) is 5.82 Å². The molecule has 0 saturated heterocycles. The molecule has 0 aliphatic heterocycles. The van der Waals surface area contributed by atoms with Gasteiger partial charge in [-0.2, -0.15) is 4.98 Å². The van der Waals surface area contributed by atoms with Crippen molar-refractivity contribution in [3.8, 4) is 5.69 Å². The molecule has 3 heterocycles. The number of aromatic nitrogens is 5. The van der Waals surface area contributed by atoms with Gasteiger partial charge in [0.25, 0.3) is 11.7 Å². The average molecular weight is 336 g/mol. The van der Waals surface area contributed by atoms with E-state index in [0.717, 1.165) is 5.69 Å². The summed E-state index contributed by atoms with van der Waals surface area (Å²) in [4.78, 5) is 20.6. The lowest BCUT2D eigenvalue weighted by atomic mass is 10.2. The number of halogens is 1. The van der Waals surface area contributed by atoms with Gasteiger partial charge in [0.15, 0.2) is 0 Å². The second-order valence-electron chi connectivity index (χ2n) is 5.44. The number of rotatable bonds is 3. The Balaban J connectivity index is 1.64. The first-order chi connectivity index (χ1) is 12.1. The molecule has 0 atom stereocenters. The summed E-state index contributed by atoms with van der Waals surface area (Å²) in [5.74, 6) is -0.541. The molecule has 0 aliphatic rings. The van der Waals surface area contributed by atoms with Crippen molar-refractivity contribution in [1.29, 1.82) is 0 Å². The second-order valence-corrected chi connectivity index (χ2v) is 5.44. The number of hydrogen-bond donors (Lipinski definition) is 1. The number of aryl methyl sites for hydroxylation is 1. The first-order valence-corrected chi connectivity index (χ1v) is 7.54. The Hall–Kier alpha value is -3.55. The van der Waals surface area contributed by atoms with Crippen LogP contribution in [0.25, 0.3) is 11.5 Å². The number of nitrogens with one attached hydrogen (secondary N) is 1. The van der Waals surface area contributed by atoms with Crippen LogP contribution in [-0.4, -0.2) is 30.1 Å². The summed E-state index contributed by atoms with van der Waals surface area (Å²) in [6.45, 7) is 1.84. The number of nitrogens with zero attached hydrogens (tertiary/aromatic N) is 5. The average Bonchev–Trinajstić information content (AvgIpc) is 3.26. The molecule has 0 fully saturated rings. The van der Waals surface area contributed by atoms with Crippen molar-refractivity contribution in [1.82, 2.24) is 24.1 Å². The van der Waals surface area contributed by atoms with Gasteiger partial charge in [-0.15, -0.1) is 5.10 Å². The van der Waals surface area contributed by atoms with Gasteiger partial charge in [0, 0.05) is 30.0 Å². The summed E-state index contributed by atoms with van der Waals surface area (Å²) in [5, 5.41) is 6.83. The molecule has 25 heavy (non-hydrogen) atoms. The van der Waals surface area contributed by atoms with Crippen molar-refractivity contribution in [2.75, 3.05) is 5.32 Å². The van der Waals surface area contributed by atoms with Crippen molar-refractivity contribution in [2.24, 2.45) is 0 Å². The highest BCUT2D eigenvalue weighted by Crippen LogP contribution is 2.19. The molecule has 0 spiro atoms. The van der Waals surface area contributed by atoms with Gasteiger partial charge >= 0.3 is 0 Å². The fourth-order valence-electron chi connectivity index (χ4n) is 2.47. The van der Waals surface area contributed by atoms with Crippen LogP contribution < -0.4 is 5.32 Å². The number of fused-ring (bicyclic) bond motifs is 1. The maximum atomic E-state index is 14.0. The lowest BCUT2D eigenvalue weighted by Crippen LogP contribution is -2.14. The topological polar surface area (TPSA) is 77.1 Å². The van der Waals surface area contributed by atoms with Gasteiger partial charge in [-0.1, -0.05) is 0 Å². The van der Waals surface area contributed by atoms with E-state index in [2.05, 4.69) is 20.4 Å². The first-order valence-electron chi connectivity index (χ1n) is 7.54. The number of anilines is 1. The van der Waals surface area contributed by atoms with E-state index in [0.29, 0.717) is 17.2 Å². The third-order valence-corrected chi connectivity index (χ3v) is 3.72. The summed E-state index contributed by atoms with van der Waals surface area (Å²) in [6.07, 6.45) is 5.05. The van der Waals surface area contributed by atoms with Crippen molar-refractivity contribution in [3.63, 3.8) is 0 Å². The van der Waals surface area contributed by atoms with E-state index in [1.165, 1.54) is 16.6 Å². The highest BCUT2D eigenvalue weighted by Gasteiger charge is 2.15. The first kappa shape index (κ1) is 15.0. The molecule has 0 unspecified atom stereocenters. The third-order valence-electron chi connectivity index (χ3n) is 3.72. The third kappa shape index (κ3) is 2.74. The van der Waals surface area contributed by atoms with E-state index in [4.69, 9.17) is 0 Å². The van der Waals surface area contributed by atoms with E-state index in [1.54, 1.807) is 47.4 Å². The van der Waals surface area contributed by atoms with Gasteiger partial charge in [-0.05, 0) is 43.3 Å². The van der Waals surface area contributed by atoms with Crippen LogP contribution in [0.1, 0.15) is 16.3 Å². The minimum atomic E-state index is -0.491. The highest BCUT2D eigenvalue weighted by molar-refractivity contribution is 6.01. The zero-order chi connectivity index (χ0) is 17.4. The smallest absolute Gasteiger partial charge is 0.295 e. The van der Waals surface area contributed by atoms with E-state index in [-0.39, 0.29) is 11.6 Å². The molecule has 124 valence electrons. The lowest BCUT2D eigenvalue weighted by Gasteiger charge is -2.08. The molecule has 4 rings (SSSR count). The predicted octanol–water partition coefficient (Wildman–Crippen LogP) is 2.61. The second kappa shape index (κ2) is 5.82. The van der Waals surface area contributed by atoms with Crippen molar-refractivity contribution >= 4 is 17.4 Å². The molecule has 0 saturated carbocycles. The van der Waals surface area contributed by atoms with Gasteiger partial charge in [0.05, 0.1) is 5.69 Å². The van der Waals surface area contributed by atoms with Crippen LogP contribution in [0.4, 0.5) is 10.1 Å². The Morgan fingerprint density at radius 2 is 2.00 bits per heavy atom. The maximum Gasteiger partial charge on any atom is 0.295 e. The molecule has 8 heteroatoms. The zero-order valence-corrected chi connectivity index (χ0v) is 13.2. The summed E-state index contributed by atoms with van der Waals surface area (Å²) < 4.78 is 17.1. The van der Waals surface area contributed by atoms with E-state index in [1.807, 2.05) is 6.92 Å². The fourth-order valence-corrected chi connectivity index (χ4v) is 2.47. The van der Waals surface area contributed by atoms with Crippen molar-refractivity contribution in [3.05, 3.63) is 72.3 Å². The molecule has 0 radical (unpaired) electrons. The Kier molecular flexibility index (Phi) is 3.50. The van der Waals surface area contributed by atoms with Crippen LogP contribution in [0.3, 0.4) is 0 Å². The molecule has 3 aromatic heterocycles. The SMILES string of the molecule is Cc1ccnc2nc(C(=O)Nc3ccc(F)c(-n4cccc4)c3)nn12. The monoisotopic (exact) mass is 336 g/mol. The Morgan fingerprint density at radius 1 is 1.20 bits per heavy atom. The minimum Gasteiger partial charge on any atom is -0.321 e. The van der Waals surface area contributed by atoms with Gasteiger partial charge in [-0.3, -0.25) is 4.79 Å². The quantitative estimate of drug-likeness (QED) is 0.624. The Morgan fingerprint density at radius 3 is 2.76 bits per heavy atom. The molecule has 7 nitrogen and oxygen atoms in total. The molecule has 0 aliphatic carbocycles. The fraction of sp³-hybridized carbons (Fsp3) is 0.0588. The summed E-state index contributed by atoms with van der Waals surface area (Å²) in [6, 6.07) is 9.69. The molecular formula is C17H13FN6O. The van der Waals surface area contributed by atoms with Crippen LogP contribution in [0.15, 0.2) is 55.0 Å². The number of hydrogen-bond acceptors (Lipinski definition) is 4. The molecule has 1 aromatic carbocycles. The normalized spacial score (nSPS) is 11.0. The van der Waals surface area contributed by atoms with Gasteiger partial charge in [-0.25, -0.2) is 13.9 Å². The Bertz CT molecular complexity index is 1070. The number of carbonyl (C=O) groups excluding carboxylic acids is 1. The largest absolute Gasteiger partial charge is 0.321 e. The maximum absolute atomic E-state index is 14.0. The lowest BCUT2D eigenvalue weighted by molar-refractivity contribution is 0.101. The van der Waals surface area contributed by atoms with E-state index >= 15 is 0 Å². The van der Waals surface area contributed by atoms with Crippen molar-refractivity contribution in [2.45, 2.75) is 6.92 Å².